The maximum absolute atomic E-state index is 13.9. The Labute approximate surface area is 223 Å². The summed E-state index contributed by atoms with van der Waals surface area (Å²) in [7, 11) is 3.26. The van der Waals surface area contributed by atoms with Gasteiger partial charge in [-0.3, -0.25) is 4.79 Å². The molecule has 0 spiro atoms. The van der Waals surface area contributed by atoms with Gasteiger partial charge in [0, 0.05) is 11.8 Å². The first-order valence-corrected chi connectivity index (χ1v) is 12.5. The molecule has 0 aliphatic rings. The summed E-state index contributed by atoms with van der Waals surface area (Å²) in [6, 6.07) is 37.5. The Morgan fingerprint density at radius 3 is 1.87 bits per heavy atom. The highest BCUT2D eigenvalue weighted by molar-refractivity contribution is 5.98. The van der Waals surface area contributed by atoms with Crippen molar-refractivity contribution in [3.63, 3.8) is 0 Å². The van der Waals surface area contributed by atoms with Crippen molar-refractivity contribution < 1.29 is 14.3 Å². The molecular weight excluding hydrogens is 472 g/mol. The van der Waals surface area contributed by atoms with E-state index in [0.717, 1.165) is 33.8 Å². The fourth-order valence-corrected chi connectivity index (χ4v) is 4.80. The van der Waals surface area contributed by atoms with Gasteiger partial charge in [0.1, 0.15) is 11.5 Å². The first-order chi connectivity index (χ1) is 18.6. The second-order valence-corrected chi connectivity index (χ2v) is 9.00. The van der Waals surface area contributed by atoms with Crippen LogP contribution in [0.4, 0.5) is 0 Å². The molecule has 4 aromatic carbocycles. The van der Waals surface area contributed by atoms with Crippen molar-refractivity contribution in [2.24, 2.45) is 0 Å². The van der Waals surface area contributed by atoms with Gasteiger partial charge in [-0.1, -0.05) is 91.0 Å². The predicted molar refractivity (Wildman–Crippen MR) is 151 cm³/mol. The van der Waals surface area contributed by atoms with Gasteiger partial charge >= 0.3 is 0 Å². The van der Waals surface area contributed by atoms with Crippen molar-refractivity contribution in [3.8, 4) is 28.4 Å². The summed E-state index contributed by atoms with van der Waals surface area (Å²) in [6.45, 7) is 1.96. The van der Waals surface area contributed by atoms with E-state index >= 15 is 0 Å². The minimum Gasteiger partial charge on any atom is -0.497 e. The van der Waals surface area contributed by atoms with Gasteiger partial charge in [0.15, 0.2) is 0 Å². The van der Waals surface area contributed by atoms with Crippen LogP contribution >= 0.6 is 0 Å². The van der Waals surface area contributed by atoms with Crippen LogP contribution in [0, 0.1) is 6.92 Å². The number of amides is 1. The van der Waals surface area contributed by atoms with E-state index in [-0.39, 0.29) is 11.9 Å². The summed E-state index contributed by atoms with van der Waals surface area (Å²) in [5.41, 5.74) is 6.16. The summed E-state index contributed by atoms with van der Waals surface area (Å²) < 4.78 is 13.2. The summed E-state index contributed by atoms with van der Waals surface area (Å²) in [6.07, 6.45) is 0. The lowest BCUT2D eigenvalue weighted by Crippen LogP contribution is -2.29. The van der Waals surface area contributed by atoms with Crippen LogP contribution in [0.2, 0.25) is 0 Å². The smallest absolute Gasteiger partial charge is 0.253 e. The predicted octanol–water partition coefficient (Wildman–Crippen LogP) is 6.99. The third-order valence-electron chi connectivity index (χ3n) is 6.73. The lowest BCUT2D eigenvalue weighted by molar-refractivity contribution is 0.0942. The molecule has 1 N–H and O–H groups in total. The van der Waals surface area contributed by atoms with Crippen LogP contribution in [0.25, 0.3) is 16.9 Å². The number of carbonyl (C=O) groups is 1. The van der Waals surface area contributed by atoms with Gasteiger partial charge in [-0.05, 0) is 41.8 Å². The molecule has 5 rings (SSSR count). The van der Waals surface area contributed by atoms with Gasteiger partial charge < -0.3 is 19.4 Å². The molecule has 0 saturated heterocycles. The molecule has 0 atom stereocenters. The number of nitrogens with one attached hydrogen (secondary N) is 1. The molecule has 1 aromatic heterocycles. The Balaban J connectivity index is 1.62. The van der Waals surface area contributed by atoms with E-state index in [4.69, 9.17) is 9.47 Å². The lowest BCUT2D eigenvalue weighted by Gasteiger charge is -2.20. The minimum absolute atomic E-state index is 0.149. The molecule has 1 heterocycles. The van der Waals surface area contributed by atoms with E-state index in [1.807, 2.05) is 122 Å². The zero-order valence-corrected chi connectivity index (χ0v) is 21.7. The van der Waals surface area contributed by atoms with Crippen molar-refractivity contribution in [3.05, 3.63) is 138 Å². The standard InChI is InChI=1S/C33H30N2O3/c1-23-28(33(36)34-32(25-15-9-5-10-16-25)26-17-11-6-12-18-26)22-30(24-13-7-4-8-14-24)35(23)29-20-19-27(37-2)21-31(29)38-3/h4-22,32H,1-3H3,(H,34,36). The average Bonchev–Trinajstić information content (AvgIpc) is 3.33. The Kier molecular flexibility index (Phi) is 7.27. The number of hydrogen-bond donors (Lipinski definition) is 1. The molecule has 1 amide bonds. The highest BCUT2D eigenvalue weighted by Crippen LogP contribution is 2.36. The number of nitrogens with zero attached hydrogens (tertiary/aromatic N) is 1. The Bertz CT molecular complexity index is 1490. The SMILES string of the molecule is COc1ccc(-n2c(-c3ccccc3)cc(C(=O)NC(c3ccccc3)c3ccccc3)c2C)c(OC)c1. The number of rotatable bonds is 8. The molecule has 5 nitrogen and oxygen atoms in total. The zero-order chi connectivity index (χ0) is 26.5. The van der Waals surface area contributed by atoms with Crippen LogP contribution in [-0.2, 0) is 0 Å². The van der Waals surface area contributed by atoms with Gasteiger partial charge in [0.05, 0.1) is 37.2 Å². The molecular formula is C33H30N2O3. The fourth-order valence-electron chi connectivity index (χ4n) is 4.80. The fraction of sp³-hybridized carbons (Fsp3) is 0.121. The van der Waals surface area contributed by atoms with Crippen molar-refractivity contribution in [2.45, 2.75) is 13.0 Å². The molecule has 5 heteroatoms. The van der Waals surface area contributed by atoms with Crippen molar-refractivity contribution in [1.82, 2.24) is 9.88 Å². The molecule has 0 aliphatic carbocycles. The molecule has 190 valence electrons. The van der Waals surface area contributed by atoms with Crippen LogP contribution < -0.4 is 14.8 Å². The quantitative estimate of drug-likeness (QED) is 0.249. The third-order valence-corrected chi connectivity index (χ3v) is 6.73. The Morgan fingerprint density at radius 2 is 1.32 bits per heavy atom. The summed E-state index contributed by atoms with van der Waals surface area (Å²) in [5, 5.41) is 3.29. The van der Waals surface area contributed by atoms with Gasteiger partial charge in [-0.25, -0.2) is 0 Å². The van der Waals surface area contributed by atoms with Crippen LogP contribution in [-0.4, -0.2) is 24.7 Å². The van der Waals surface area contributed by atoms with E-state index in [2.05, 4.69) is 9.88 Å². The maximum atomic E-state index is 13.9. The van der Waals surface area contributed by atoms with Crippen LogP contribution in [0.3, 0.4) is 0 Å². The van der Waals surface area contributed by atoms with Crippen molar-refractivity contribution in [2.75, 3.05) is 14.2 Å². The molecule has 0 aliphatic heterocycles. The molecule has 0 fully saturated rings. The Morgan fingerprint density at radius 1 is 0.737 bits per heavy atom. The normalized spacial score (nSPS) is 10.8. The topological polar surface area (TPSA) is 52.5 Å². The van der Waals surface area contributed by atoms with E-state index < -0.39 is 0 Å². The molecule has 0 saturated carbocycles. The average molecular weight is 503 g/mol. The first-order valence-electron chi connectivity index (χ1n) is 12.5. The number of carbonyl (C=O) groups excluding carboxylic acids is 1. The van der Waals surface area contributed by atoms with Gasteiger partial charge in [0.2, 0.25) is 0 Å². The maximum Gasteiger partial charge on any atom is 0.253 e. The number of benzene rings is 4. The van der Waals surface area contributed by atoms with Gasteiger partial charge in [0.25, 0.3) is 5.91 Å². The largest absolute Gasteiger partial charge is 0.497 e. The van der Waals surface area contributed by atoms with Gasteiger partial charge in [-0.2, -0.15) is 0 Å². The monoisotopic (exact) mass is 502 g/mol. The second kappa shape index (κ2) is 11.1. The van der Waals surface area contributed by atoms with Crippen LogP contribution in [0.5, 0.6) is 11.5 Å². The highest BCUT2D eigenvalue weighted by atomic mass is 16.5. The minimum atomic E-state index is -0.289. The summed E-state index contributed by atoms with van der Waals surface area (Å²) in [5.74, 6) is 1.20. The third kappa shape index (κ3) is 4.91. The van der Waals surface area contributed by atoms with Crippen molar-refractivity contribution >= 4 is 5.91 Å². The summed E-state index contributed by atoms with van der Waals surface area (Å²) in [4.78, 5) is 13.9. The highest BCUT2D eigenvalue weighted by Gasteiger charge is 2.24. The van der Waals surface area contributed by atoms with Crippen LogP contribution in [0.15, 0.2) is 115 Å². The summed E-state index contributed by atoms with van der Waals surface area (Å²) >= 11 is 0. The van der Waals surface area contributed by atoms with Crippen LogP contribution in [0.1, 0.15) is 33.2 Å². The van der Waals surface area contributed by atoms with Gasteiger partial charge in [-0.15, -0.1) is 0 Å². The number of methoxy groups -OCH3 is 2. The molecule has 0 radical (unpaired) electrons. The van der Waals surface area contributed by atoms with E-state index in [0.29, 0.717) is 17.1 Å². The number of hydrogen-bond acceptors (Lipinski definition) is 3. The molecule has 0 bridgehead atoms. The Hall–Kier alpha value is -4.77. The van der Waals surface area contributed by atoms with E-state index in [9.17, 15) is 4.79 Å². The van der Waals surface area contributed by atoms with Crippen molar-refractivity contribution in [1.29, 1.82) is 0 Å². The molecule has 38 heavy (non-hydrogen) atoms. The second-order valence-electron chi connectivity index (χ2n) is 9.00. The first kappa shape index (κ1) is 24.9. The van der Waals surface area contributed by atoms with E-state index in [1.54, 1.807) is 14.2 Å². The lowest BCUT2D eigenvalue weighted by atomic mass is 9.98. The zero-order valence-electron chi connectivity index (χ0n) is 21.7. The number of ether oxygens (including phenoxy) is 2. The molecule has 0 unspecified atom stereocenters. The number of aromatic nitrogens is 1. The van der Waals surface area contributed by atoms with E-state index in [1.165, 1.54) is 0 Å². The molecule has 5 aromatic rings.